The van der Waals surface area contributed by atoms with Crippen molar-refractivity contribution in [3.8, 4) is 5.75 Å². The molecular weight excluding hydrogens is 470 g/mol. The molecule has 3 aliphatic heterocycles. The maximum Gasteiger partial charge on any atom is 0.250 e. The van der Waals surface area contributed by atoms with Crippen molar-refractivity contribution in [2.45, 2.75) is 32.0 Å². The lowest BCUT2D eigenvalue weighted by atomic mass is 9.83. The molecule has 0 aliphatic carbocycles. The fraction of sp³-hybridized carbons (Fsp3) is 0.583. The van der Waals surface area contributed by atoms with Gasteiger partial charge in [0.15, 0.2) is 5.75 Å². The molecule has 2 aromatic heterocycles. The first kappa shape index (κ1) is 24.2. The van der Waals surface area contributed by atoms with E-state index in [2.05, 4.69) is 9.80 Å². The van der Waals surface area contributed by atoms with Gasteiger partial charge in [0.2, 0.25) is 15.5 Å². The van der Waals surface area contributed by atoms with Gasteiger partial charge in [0, 0.05) is 95.4 Å². The van der Waals surface area contributed by atoms with E-state index in [9.17, 15) is 23.1 Å². The monoisotopic (exact) mass is 503 g/mol. The number of sulfonamides is 1. The second-order valence-electron chi connectivity index (χ2n) is 10.2. The van der Waals surface area contributed by atoms with Crippen LogP contribution in [-0.4, -0.2) is 82.3 Å². The minimum absolute atomic E-state index is 0.0635. The SMILES string of the molecule is Cn1c(CN2CC3C[C@@H](C2)c2cccc(=O)n2C3)cc(=O)c(O)c1CN1CCN(S(C)(=O)=O)CC1. The van der Waals surface area contributed by atoms with E-state index >= 15 is 0 Å². The topological polar surface area (TPSA) is 108 Å². The second-order valence-corrected chi connectivity index (χ2v) is 12.2. The molecule has 5 rings (SSSR count). The molecule has 190 valence electrons. The molecule has 5 heterocycles. The Hall–Kier alpha value is -2.47. The third-order valence-electron chi connectivity index (χ3n) is 7.75. The predicted octanol–water partition coefficient (Wildman–Crippen LogP) is -0.0509. The molecule has 35 heavy (non-hydrogen) atoms. The Morgan fingerprint density at radius 1 is 1.00 bits per heavy atom. The fourth-order valence-electron chi connectivity index (χ4n) is 5.91. The summed E-state index contributed by atoms with van der Waals surface area (Å²) >= 11 is 0. The van der Waals surface area contributed by atoms with E-state index < -0.39 is 15.5 Å². The van der Waals surface area contributed by atoms with Crippen molar-refractivity contribution in [1.82, 2.24) is 23.2 Å². The van der Waals surface area contributed by atoms with Crippen molar-refractivity contribution in [1.29, 1.82) is 0 Å². The maximum atomic E-state index is 12.7. The van der Waals surface area contributed by atoms with Crippen LogP contribution in [0.3, 0.4) is 0 Å². The molecule has 2 saturated heterocycles. The number of aromatic nitrogens is 2. The third-order valence-corrected chi connectivity index (χ3v) is 9.06. The van der Waals surface area contributed by atoms with Gasteiger partial charge in [0.1, 0.15) is 0 Å². The number of piperidine rings is 1. The van der Waals surface area contributed by atoms with Gasteiger partial charge in [-0.05, 0) is 18.4 Å². The average molecular weight is 504 g/mol. The van der Waals surface area contributed by atoms with Crippen LogP contribution in [0.2, 0.25) is 0 Å². The molecule has 11 heteroatoms. The summed E-state index contributed by atoms with van der Waals surface area (Å²) in [5.41, 5.74) is 2.15. The van der Waals surface area contributed by atoms with Gasteiger partial charge in [-0.3, -0.25) is 19.4 Å². The van der Waals surface area contributed by atoms with Crippen LogP contribution in [0.15, 0.2) is 33.9 Å². The van der Waals surface area contributed by atoms with Crippen molar-refractivity contribution in [2.75, 3.05) is 45.5 Å². The van der Waals surface area contributed by atoms with Crippen molar-refractivity contribution in [3.05, 3.63) is 61.9 Å². The van der Waals surface area contributed by atoms with E-state index in [1.165, 1.54) is 16.6 Å². The van der Waals surface area contributed by atoms with E-state index in [4.69, 9.17) is 0 Å². The summed E-state index contributed by atoms with van der Waals surface area (Å²) < 4.78 is 28.9. The van der Waals surface area contributed by atoms with Crippen LogP contribution in [0.5, 0.6) is 5.75 Å². The van der Waals surface area contributed by atoms with Gasteiger partial charge in [-0.2, -0.15) is 4.31 Å². The summed E-state index contributed by atoms with van der Waals surface area (Å²) in [6, 6.07) is 7.02. The Labute approximate surface area is 205 Å². The zero-order valence-electron chi connectivity index (χ0n) is 20.3. The van der Waals surface area contributed by atoms with Crippen LogP contribution < -0.4 is 11.0 Å². The second kappa shape index (κ2) is 9.20. The summed E-state index contributed by atoms with van der Waals surface area (Å²) in [6.45, 7) is 5.24. The molecule has 3 aliphatic rings. The smallest absolute Gasteiger partial charge is 0.250 e. The van der Waals surface area contributed by atoms with E-state index in [0.717, 1.165) is 37.4 Å². The number of likely N-dealkylation sites (tertiary alicyclic amines) is 1. The Bertz CT molecular complexity index is 1340. The summed E-state index contributed by atoms with van der Waals surface area (Å²) in [6.07, 6.45) is 2.28. The minimum Gasteiger partial charge on any atom is -0.503 e. The molecule has 0 spiro atoms. The van der Waals surface area contributed by atoms with Gasteiger partial charge >= 0.3 is 0 Å². The van der Waals surface area contributed by atoms with Gasteiger partial charge in [0.05, 0.1) is 11.9 Å². The molecule has 1 unspecified atom stereocenters. The maximum absolute atomic E-state index is 12.7. The Balaban J connectivity index is 1.33. The number of rotatable bonds is 5. The number of hydrogen-bond acceptors (Lipinski definition) is 7. The number of pyridine rings is 2. The molecule has 2 atom stereocenters. The Morgan fingerprint density at radius 3 is 2.46 bits per heavy atom. The van der Waals surface area contributed by atoms with Crippen molar-refractivity contribution < 1.29 is 13.5 Å². The van der Waals surface area contributed by atoms with E-state index in [1.807, 2.05) is 28.3 Å². The van der Waals surface area contributed by atoms with E-state index in [-0.39, 0.29) is 17.2 Å². The van der Waals surface area contributed by atoms with Crippen LogP contribution in [0.4, 0.5) is 0 Å². The predicted molar refractivity (Wildman–Crippen MR) is 132 cm³/mol. The standard InChI is InChI=1S/C24H33N5O5S/c1-25-19(15-27-12-17-10-18(14-27)20-4-3-5-23(31)29(20)13-17)11-22(30)24(32)21(25)16-26-6-8-28(9-7-26)35(2,33)34/h3-5,11,17-18,32H,6-10,12-16H2,1-2H3/t17?,18-/m0/s1. The lowest BCUT2D eigenvalue weighted by molar-refractivity contribution is 0.112. The Kier molecular flexibility index (Phi) is 6.37. The van der Waals surface area contributed by atoms with Crippen molar-refractivity contribution in [3.63, 3.8) is 0 Å². The summed E-state index contributed by atoms with van der Waals surface area (Å²) in [4.78, 5) is 29.4. The number of nitrogens with zero attached hydrogens (tertiary/aromatic N) is 5. The molecule has 0 aromatic carbocycles. The summed E-state index contributed by atoms with van der Waals surface area (Å²) in [5, 5.41) is 10.6. The molecule has 0 radical (unpaired) electrons. The van der Waals surface area contributed by atoms with Crippen LogP contribution in [0.25, 0.3) is 0 Å². The molecule has 2 aromatic rings. The number of fused-ring (bicyclic) bond motifs is 4. The first-order valence-electron chi connectivity index (χ1n) is 12.1. The highest BCUT2D eigenvalue weighted by molar-refractivity contribution is 7.88. The van der Waals surface area contributed by atoms with Crippen LogP contribution in [-0.2, 0) is 36.7 Å². The Morgan fingerprint density at radius 2 is 1.74 bits per heavy atom. The van der Waals surface area contributed by atoms with Crippen LogP contribution >= 0.6 is 0 Å². The first-order valence-corrected chi connectivity index (χ1v) is 14.0. The molecule has 0 amide bonds. The number of hydrogen-bond donors (Lipinski definition) is 1. The zero-order valence-corrected chi connectivity index (χ0v) is 21.1. The number of aromatic hydroxyl groups is 1. The van der Waals surface area contributed by atoms with Crippen molar-refractivity contribution >= 4 is 10.0 Å². The van der Waals surface area contributed by atoms with Gasteiger partial charge in [0.25, 0.3) is 5.56 Å². The van der Waals surface area contributed by atoms with E-state index in [1.54, 1.807) is 6.07 Å². The highest BCUT2D eigenvalue weighted by Gasteiger charge is 2.35. The minimum atomic E-state index is -3.22. The fourth-order valence-corrected chi connectivity index (χ4v) is 6.74. The first-order chi connectivity index (χ1) is 16.6. The summed E-state index contributed by atoms with van der Waals surface area (Å²) in [5.74, 6) is 0.433. The third kappa shape index (κ3) is 4.82. The lowest BCUT2D eigenvalue weighted by Crippen LogP contribution is -2.48. The van der Waals surface area contributed by atoms with E-state index in [0.29, 0.717) is 50.9 Å². The normalized spacial score (nSPS) is 23.8. The summed E-state index contributed by atoms with van der Waals surface area (Å²) in [7, 11) is -1.35. The molecule has 10 nitrogen and oxygen atoms in total. The zero-order chi connectivity index (χ0) is 24.9. The van der Waals surface area contributed by atoms with Crippen LogP contribution in [0.1, 0.15) is 29.4 Å². The van der Waals surface area contributed by atoms with Gasteiger partial charge in [-0.25, -0.2) is 8.42 Å². The highest BCUT2D eigenvalue weighted by Crippen LogP contribution is 2.35. The lowest BCUT2D eigenvalue weighted by Gasteiger charge is -2.43. The molecule has 2 fully saturated rings. The van der Waals surface area contributed by atoms with Gasteiger partial charge < -0.3 is 14.2 Å². The molecule has 0 saturated carbocycles. The number of piperazine rings is 1. The van der Waals surface area contributed by atoms with Crippen molar-refractivity contribution in [2.24, 2.45) is 13.0 Å². The quantitative estimate of drug-likeness (QED) is 0.610. The largest absolute Gasteiger partial charge is 0.503 e. The van der Waals surface area contributed by atoms with Crippen LogP contribution in [0, 0.1) is 5.92 Å². The van der Waals surface area contributed by atoms with Gasteiger partial charge in [-0.15, -0.1) is 0 Å². The highest BCUT2D eigenvalue weighted by atomic mass is 32.2. The molecular formula is C24H33N5O5S. The van der Waals surface area contributed by atoms with Gasteiger partial charge in [-0.1, -0.05) is 6.07 Å². The average Bonchev–Trinajstić information content (AvgIpc) is 2.81. The molecule has 2 bridgehead atoms. The molecule has 1 N–H and O–H groups in total.